The minimum absolute atomic E-state index is 0.313. The van der Waals surface area contributed by atoms with E-state index in [1.807, 2.05) is 18.2 Å². The van der Waals surface area contributed by atoms with Crippen molar-refractivity contribution in [3.05, 3.63) is 23.2 Å². The summed E-state index contributed by atoms with van der Waals surface area (Å²) < 4.78 is 6.16. The van der Waals surface area contributed by atoms with Crippen LogP contribution in [0.2, 0.25) is 5.02 Å². The van der Waals surface area contributed by atoms with Crippen molar-refractivity contribution in [1.82, 2.24) is 0 Å². The van der Waals surface area contributed by atoms with Crippen LogP contribution in [0.4, 0.5) is 5.69 Å². The highest BCUT2D eigenvalue weighted by Crippen LogP contribution is 2.45. The molecule has 1 aromatic rings. The second-order valence-corrected chi connectivity index (χ2v) is 7.34. The molecule has 20 heavy (non-hydrogen) atoms. The number of hydrogen-bond donors (Lipinski definition) is 1. The van der Waals surface area contributed by atoms with Gasteiger partial charge >= 0.3 is 0 Å². The fourth-order valence-corrected chi connectivity index (χ4v) is 3.69. The molecule has 0 amide bonds. The molecule has 2 aliphatic rings. The van der Waals surface area contributed by atoms with Crippen LogP contribution in [0.1, 0.15) is 46.5 Å². The largest absolute Gasteiger partial charge is 0.486 e. The lowest BCUT2D eigenvalue weighted by atomic mass is 9.67. The van der Waals surface area contributed by atoms with Gasteiger partial charge in [-0.3, -0.25) is 0 Å². The van der Waals surface area contributed by atoms with Gasteiger partial charge in [-0.05, 0) is 48.8 Å². The number of nitrogens with one attached hydrogen (secondary N) is 1. The summed E-state index contributed by atoms with van der Waals surface area (Å²) in [6.45, 7) is 7.09. The lowest BCUT2D eigenvalue weighted by Gasteiger charge is -2.45. The monoisotopic (exact) mass is 293 g/mol. The molecule has 0 bridgehead atoms. The van der Waals surface area contributed by atoms with E-state index in [1.165, 1.54) is 19.3 Å². The predicted octanol–water partition coefficient (Wildman–Crippen LogP) is 5.12. The normalized spacial score (nSPS) is 28.9. The van der Waals surface area contributed by atoms with Crippen molar-refractivity contribution in [1.29, 1.82) is 0 Å². The summed E-state index contributed by atoms with van der Waals surface area (Å²) in [6.07, 6.45) is 5.16. The lowest BCUT2D eigenvalue weighted by molar-refractivity contribution is 0.0613. The van der Waals surface area contributed by atoms with Crippen LogP contribution in [-0.4, -0.2) is 12.1 Å². The smallest absolute Gasteiger partial charge is 0.143 e. The standard InChI is InChI=1S/C17H24ClNO/c1-4-17(2,3)11-5-7-15-13(9-11)19-14-10-12(18)6-8-16(14)20-15/h6,8,10-11,13,15,19H,4-5,7,9H2,1-3H3. The minimum Gasteiger partial charge on any atom is -0.486 e. The van der Waals surface area contributed by atoms with Gasteiger partial charge in [0.05, 0.1) is 11.7 Å². The summed E-state index contributed by atoms with van der Waals surface area (Å²) in [5.41, 5.74) is 1.47. The van der Waals surface area contributed by atoms with Crippen LogP contribution in [0.5, 0.6) is 5.75 Å². The molecule has 1 aliphatic carbocycles. The number of anilines is 1. The maximum Gasteiger partial charge on any atom is 0.143 e. The van der Waals surface area contributed by atoms with E-state index in [0.29, 0.717) is 17.6 Å². The van der Waals surface area contributed by atoms with Crippen LogP contribution < -0.4 is 10.1 Å². The van der Waals surface area contributed by atoms with Crippen molar-refractivity contribution >= 4 is 17.3 Å². The van der Waals surface area contributed by atoms with Crippen molar-refractivity contribution in [2.24, 2.45) is 11.3 Å². The molecular formula is C17H24ClNO. The highest BCUT2D eigenvalue weighted by molar-refractivity contribution is 6.30. The van der Waals surface area contributed by atoms with Crippen LogP contribution in [-0.2, 0) is 0 Å². The highest BCUT2D eigenvalue weighted by Gasteiger charge is 2.40. The first kappa shape index (κ1) is 14.1. The first-order valence-corrected chi connectivity index (χ1v) is 8.10. The maximum absolute atomic E-state index is 6.16. The zero-order chi connectivity index (χ0) is 14.3. The Morgan fingerprint density at radius 1 is 1.35 bits per heavy atom. The molecule has 0 aromatic heterocycles. The van der Waals surface area contributed by atoms with Gasteiger partial charge in [-0.1, -0.05) is 38.8 Å². The average molecular weight is 294 g/mol. The van der Waals surface area contributed by atoms with Crippen molar-refractivity contribution < 1.29 is 4.74 Å². The second-order valence-electron chi connectivity index (χ2n) is 6.90. The van der Waals surface area contributed by atoms with Crippen LogP contribution in [0.25, 0.3) is 0 Å². The Labute approximate surface area is 126 Å². The summed E-state index contributed by atoms with van der Waals surface area (Å²) in [6, 6.07) is 6.27. The van der Waals surface area contributed by atoms with Crippen LogP contribution in [0.15, 0.2) is 18.2 Å². The van der Waals surface area contributed by atoms with E-state index in [9.17, 15) is 0 Å². The van der Waals surface area contributed by atoms with Gasteiger partial charge in [0.1, 0.15) is 11.9 Å². The topological polar surface area (TPSA) is 21.3 Å². The number of rotatable bonds is 2. The summed E-state index contributed by atoms with van der Waals surface area (Å²) >= 11 is 6.08. The molecule has 3 heteroatoms. The van der Waals surface area contributed by atoms with Gasteiger partial charge in [0.15, 0.2) is 0 Å². The first-order chi connectivity index (χ1) is 9.49. The van der Waals surface area contributed by atoms with E-state index < -0.39 is 0 Å². The lowest BCUT2D eigenvalue weighted by Crippen LogP contribution is -2.48. The summed E-state index contributed by atoms with van der Waals surface area (Å²) in [7, 11) is 0. The molecule has 3 unspecified atom stereocenters. The van der Waals surface area contributed by atoms with Crippen LogP contribution in [0.3, 0.4) is 0 Å². The summed E-state index contributed by atoms with van der Waals surface area (Å²) in [5, 5.41) is 4.42. The van der Waals surface area contributed by atoms with Gasteiger partial charge in [-0.25, -0.2) is 0 Å². The van der Waals surface area contributed by atoms with Crippen molar-refractivity contribution in [3.8, 4) is 5.75 Å². The minimum atomic E-state index is 0.313. The van der Waals surface area contributed by atoms with Crippen molar-refractivity contribution in [2.75, 3.05) is 5.32 Å². The van der Waals surface area contributed by atoms with Gasteiger partial charge in [-0.15, -0.1) is 0 Å². The maximum atomic E-state index is 6.16. The van der Waals surface area contributed by atoms with Crippen LogP contribution >= 0.6 is 11.6 Å². The van der Waals surface area contributed by atoms with Gasteiger partial charge in [0.25, 0.3) is 0 Å². The van der Waals surface area contributed by atoms with Gasteiger partial charge in [0, 0.05) is 5.02 Å². The number of hydrogen-bond acceptors (Lipinski definition) is 2. The Morgan fingerprint density at radius 2 is 2.15 bits per heavy atom. The molecule has 110 valence electrons. The van der Waals surface area contributed by atoms with E-state index in [2.05, 4.69) is 26.1 Å². The SMILES string of the molecule is CCC(C)(C)C1CCC2Oc3ccc(Cl)cc3NC2C1. The average Bonchev–Trinajstić information content (AvgIpc) is 2.44. The van der Waals surface area contributed by atoms with Gasteiger partial charge < -0.3 is 10.1 Å². The first-order valence-electron chi connectivity index (χ1n) is 7.72. The van der Waals surface area contributed by atoms with E-state index in [1.54, 1.807) is 0 Å². The summed E-state index contributed by atoms with van der Waals surface area (Å²) in [4.78, 5) is 0. The molecule has 1 saturated carbocycles. The molecule has 0 radical (unpaired) electrons. The van der Waals surface area contributed by atoms with Crippen LogP contribution in [0, 0.1) is 11.3 Å². The number of benzene rings is 1. The highest BCUT2D eigenvalue weighted by atomic mass is 35.5. The van der Waals surface area contributed by atoms with E-state index in [0.717, 1.165) is 28.8 Å². The number of halogens is 1. The molecule has 0 saturated heterocycles. The number of fused-ring (bicyclic) bond motifs is 2. The molecule has 3 rings (SSSR count). The third-order valence-electron chi connectivity index (χ3n) is 5.36. The predicted molar refractivity (Wildman–Crippen MR) is 84.7 cm³/mol. The van der Waals surface area contributed by atoms with Crippen molar-refractivity contribution in [3.63, 3.8) is 0 Å². The molecule has 1 aliphatic heterocycles. The molecule has 2 nitrogen and oxygen atoms in total. The zero-order valence-corrected chi connectivity index (χ0v) is 13.3. The molecule has 1 N–H and O–H groups in total. The zero-order valence-electron chi connectivity index (χ0n) is 12.6. The Kier molecular flexibility index (Phi) is 3.62. The third-order valence-corrected chi connectivity index (χ3v) is 5.60. The summed E-state index contributed by atoms with van der Waals surface area (Å²) in [5.74, 6) is 1.72. The molecule has 1 fully saturated rings. The Morgan fingerprint density at radius 3 is 2.90 bits per heavy atom. The Bertz CT molecular complexity index is 500. The Balaban J connectivity index is 1.78. The molecule has 0 spiro atoms. The Hall–Kier alpha value is -0.890. The van der Waals surface area contributed by atoms with Gasteiger partial charge in [-0.2, -0.15) is 0 Å². The molecule has 1 aromatic carbocycles. The quantitative estimate of drug-likeness (QED) is 0.817. The van der Waals surface area contributed by atoms with Gasteiger partial charge in [0.2, 0.25) is 0 Å². The fourth-order valence-electron chi connectivity index (χ4n) is 3.51. The second kappa shape index (κ2) is 5.14. The van der Waals surface area contributed by atoms with E-state index in [4.69, 9.17) is 16.3 Å². The molecule has 1 heterocycles. The fraction of sp³-hybridized carbons (Fsp3) is 0.647. The molecular weight excluding hydrogens is 270 g/mol. The molecule has 3 atom stereocenters. The van der Waals surface area contributed by atoms with E-state index in [-0.39, 0.29) is 0 Å². The number of ether oxygens (including phenoxy) is 1. The van der Waals surface area contributed by atoms with E-state index >= 15 is 0 Å². The van der Waals surface area contributed by atoms with Crippen molar-refractivity contribution in [2.45, 2.75) is 58.6 Å². The third kappa shape index (κ3) is 2.50.